The van der Waals surface area contributed by atoms with Gasteiger partial charge in [-0.2, -0.15) is 8.42 Å². The van der Waals surface area contributed by atoms with Gasteiger partial charge in [-0.15, -0.1) is 0 Å². The van der Waals surface area contributed by atoms with E-state index >= 15 is 0 Å². The van der Waals surface area contributed by atoms with Crippen molar-refractivity contribution in [2.24, 2.45) is 0 Å². The molecular weight excluding hydrogens is 226 g/mol. The topological polar surface area (TPSA) is 89.4 Å². The molecule has 2 rings (SSSR count). The highest BCUT2D eigenvalue weighted by Gasteiger charge is 2.16. The Kier molecular flexibility index (Phi) is 3.32. The zero-order valence-electron chi connectivity index (χ0n) is 8.84. The summed E-state index contributed by atoms with van der Waals surface area (Å²) in [5, 5.41) is 1.36. The van der Waals surface area contributed by atoms with Crippen LogP contribution in [0.25, 0.3) is 10.8 Å². The van der Waals surface area contributed by atoms with Gasteiger partial charge in [-0.05, 0) is 17.9 Å². The van der Waals surface area contributed by atoms with E-state index in [0.29, 0.717) is 10.9 Å². The van der Waals surface area contributed by atoms with E-state index in [0.717, 1.165) is 5.39 Å². The molecular formula is C11H13NO3S. The highest BCUT2D eigenvalue weighted by atomic mass is 32.2. The average Bonchev–Trinajstić information content (AvgIpc) is 2.15. The molecule has 2 aromatic carbocycles. The fourth-order valence-corrected chi connectivity index (χ4v) is 2.63. The number of benzene rings is 2. The first-order chi connectivity index (χ1) is 7.00. The Morgan fingerprint density at radius 3 is 2.31 bits per heavy atom. The SMILES string of the molecule is Cc1ccc2ccccc2c1S(=O)(=O)O.N. The molecule has 0 atom stereocenters. The highest BCUT2D eigenvalue weighted by molar-refractivity contribution is 7.86. The molecule has 0 heterocycles. The van der Waals surface area contributed by atoms with E-state index in [4.69, 9.17) is 4.55 Å². The second-order valence-corrected chi connectivity index (χ2v) is 4.77. The predicted octanol–water partition coefficient (Wildman–Crippen LogP) is 2.56. The minimum Gasteiger partial charge on any atom is -0.344 e. The molecule has 0 fully saturated rings. The molecule has 0 spiro atoms. The van der Waals surface area contributed by atoms with Crippen molar-refractivity contribution in [1.82, 2.24) is 6.15 Å². The summed E-state index contributed by atoms with van der Waals surface area (Å²) in [4.78, 5) is 0.000556. The molecule has 86 valence electrons. The maximum Gasteiger partial charge on any atom is 0.295 e. The van der Waals surface area contributed by atoms with E-state index < -0.39 is 10.1 Å². The number of hydrogen-bond donors (Lipinski definition) is 2. The lowest BCUT2D eigenvalue weighted by Crippen LogP contribution is -2.01. The van der Waals surface area contributed by atoms with Gasteiger partial charge in [0.2, 0.25) is 0 Å². The van der Waals surface area contributed by atoms with Crippen LogP contribution < -0.4 is 6.15 Å². The third-order valence-electron chi connectivity index (χ3n) is 2.33. The van der Waals surface area contributed by atoms with Gasteiger partial charge in [0.15, 0.2) is 0 Å². The van der Waals surface area contributed by atoms with Crippen molar-refractivity contribution in [3.05, 3.63) is 42.0 Å². The molecule has 16 heavy (non-hydrogen) atoms. The lowest BCUT2D eigenvalue weighted by Gasteiger charge is -2.06. The summed E-state index contributed by atoms with van der Waals surface area (Å²) in [5.41, 5.74) is 0.552. The lowest BCUT2D eigenvalue weighted by molar-refractivity contribution is 0.483. The van der Waals surface area contributed by atoms with E-state index in [1.54, 1.807) is 25.1 Å². The summed E-state index contributed by atoms with van der Waals surface area (Å²) < 4.78 is 31.6. The fourth-order valence-electron chi connectivity index (χ4n) is 1.69. The van der Waals surface area contributed by atoms with Gasteiger partial charge in [-0.3, -0.25) is 4.55 Å². The second kappa shape index (κ2) is 4.21. The van der Waals surface area contributed by atoms with Crippen molar-refractivity contribution >= 4 is 20.9 Å². The molecule has 0 aliphatic carbocycles. The third-order valence-corrected chi connectivity index (χ3v) is 3.39. The Labute approximate surface area is 94.2 Å². The zero-order valence-corrected chi connectivity index (χ0v) is 9.66. The summed E-state index contributed by atoms with van der Waals surface area (Å²) in [5.74, 6) is 0. The number of hydrogen-bond acceptors (Lipinski definition) is 3. The van der Waals surface area contributed by atoms with E-state index in [-0.39, 0.29) is 11.0 Å². The lowest BCUT2D eigenvalue weighted by atomic mass is 10.1. The van der Waals surface area contributed by atoms with Crippen LogP contribution in [0.1, 0.15) is 5.56 Å². The first kappa shape index (κ1) is 12.6. The van der Waals surface area contributed by atoms with Crippen molar-refractivity contribution in [2.45, 2.75) is 11.8 Å². The Morgan fingerprint density at radius 1 is 1.06 bits per heavy atom. The smallest absolute Gasteiger partial charge is 0.295 e. The van der Waals surface area contributed by atoms with Gasteiger partial charge in [-0.25, -0.2) is 0 Å². The van der Waals surface area contributed by atoms with Crippen LogP contribution in [-0.2, 0) is 10.1 Å². The van der Waals surface area contributed by atoms with Gasteiger partial charge >= 0.3 is 0 Å². The third kappa shape index (κ3) is 2.06. The van der Waals surface area contributed by atoms with Gasteiger partial charge < -0.3 is 6.15 Å². The molecule has 2 aromatic rings. The maximum absolute atomic E-state index is 11.2. The number of fused-ring (bicyclic) bond motifs is 1. The minimum absolute atomic E-state index is 0. The Bertz CT molecular complexity index is 620. The Morgan fingerprint density at radius 2 is 1.69 bits per heavy atom. The largest absolute Gasteiger partial charge is 0.344 e. The molecule has 0 unspecified atom stereocenters. The molecule has 0 saturated heterocycles. The summed E-state index contributed by atoms with van der Waals surface area (Å²) in [6.45, 7) is 1.66. The molecule has 0 bridgehead atoms. The standard InChI is InChI=1S/C11H10O3S.H3N/c1-8-6-7-9-4-2-3-5-10(9)11(8)15(12,13)14;/h2-7H,1H3,(H,12,13,14);1H3. The van der Waals surface area contributed by atoms with Gasteiger partial charge in [0.25, 0.3) is 10.1 Å². The van der Waals surface area contributed by atoms with Crippen LogP contribution in [0.3, 0.4) is 0 Å². The summed E-state index contributed by atoms with van der Waals surface area (Å²) in [6, 6.07) is 10.6. The van der Waals surface area contributed by atoms with E-state index in [1.165, 1.54) is 0 Å². The normalized spacial score (nSPS) is 11.1. The van der Waals surface area contributed by atoms with Crippen LogP contribution in [0.15, 0.2) is 41.3 Å². The summed E-state index contributed by atoms with van der Waals surface area (Å²) in [7, 11) is -4.16. The van der Waals surface area contributed by atoms with E-state index in [1.807, 2.05) is 18.2 Å². The quantitative estimate of drug-likeness (QED) is 0.748. The van der Waals surface area contributed by atoms with Crippen LogP contribution in [0.4, 0.5) is 0 Å². The Balaban J connectivity index is 0.00000128. The van der Waals surface area contributed by atoms with E-state index in [2.05, 4.69) is 0 Å². The molecule has 0 aromatic heterocycles. The van der Waals surface area contributed by atoms with Crippen LogP contribution in [0, 0.1) is 6.92 Å². The van der Waals surface area contributed by atoms with Crippen molar-refractivity contribution in [2.75, 3.05) is 0 Å². The van der Waals surface area contributed by atoms with E-state index in [9.17, 15) is 8.42 Å². The molecule has 0 aliphatic heterocycles. The van der Waals surface area contributed by atoms with Crippen LogP contribution in [-0.4, -0.2) is 13.0 Å². The summed E-state index contributed by atoms with van der Waals surface area (Å²) in [6.07, 6.45) is 0. The molecule has 0 amide bonds. The van der Waals surface area contributed by atoms with Crippen LogP contribution in [0.2, 0.25) is 0 Å². The first-order valence-corrected chi connectivity index (χ1v) is 5.90. The van der Waals surface area contributed by atoms with Crippen LogP contribution >= 0.6 is 0 Å². The molecule has 5 heteroatoms. The highest BCUT2D eigenvalue weighted by Crippen LogP contribution is 2.25. The van der Waals surface area contributed by atoms with Crippen molar-refractivity contribution < 1.29 is 13.0 Å². The molecule has 0 aliphatic rings. The Hall–Kier alpha value is -1.43. The molecule has 4 nitrogen and oxygen atoms in total. The van der Waals surface area contributed by atoms with Gasteiger partial charge in [0, 0.05) is 5.39 Å². The van der Waals surface area contributed by atoms with Crippen molar-refractivity contribution in [3.63, 3.8) is 0 Å². The molecule has 4 N–H and O–H groups in total. The zero-order chi connectivity index (χ0) is 11.1. The maximum atomic E-state index is 11.2. The van der Waals surface area contributed by atoms with Gasteiger partial charge in [-0.1, -0.05) is 36.4 Å². The van der Waals surface area contributed by atoms with Crippen LogP contribution in [0.5, 0.6) is 0 Å². The van der Waals surface area contributed by atoms with Gasteiger partial charge in [0.05, 0.1) is 0 Å². The van der Waals surface area contributed by atoms with Crippen molar-refractivity contribution in [1.29, 1.82) is 0 Å². The molecule has 0 saturated carbocycles. The average molecular weight is 239 g/mol. The first-order valence-electron chi connectivity index (χ1n) is 4.46. The second-order valence-electron chi connectivity index (χ2n) is 3.41. The minimum atomic E-state index is -4.16. The molecule has 0 radical (unpaired) electrons. The monoisotopic (exact) mass is 239 g/mol. The number of rotatable bonds is 1. The fraction of sp³-hybridized carbons (Fsp3) is 0.0909. The van der Waals surface area contributed by atoms with Crippen molar-refractivity contribution in [3.8, 4) is 0 Å². The predicted molar refractivity (Wildman–Crippen MR) is 63.5 cm³/mol. The summed E-state index contributed by atoms with van der Waals surface area (Å²) >= 11 is 0. The number of aryl methyl sites for hydroxylation is 1. The van der Waals surface area contributed by atoms with Gasteiger partial charge in [0.1, 0.15) is 4.90 Å².